The number of fused-ring (bicyclic) bond motifs is 1. The summed E-state index contributed by atoms with van der Waals surface area (Å²) in [5, 5.41) is 3.25. The molecule has 1 amide bonds. The van der Waals surface area contributed by atoms with Crippen LogP contribution in [0.3, 0.4) is 0 Å². The van der Waals surface area contributed by atoms with E-state index in [2.05, 4.69) is 10.3 Å². The van der Waals surface area contributed by atoms with E-state index in [1.807, 2.05) is 0 Å². The number of carbonyl (C=O) groups is 1. The molecule has 0 radical (unpaired) electrons. The minimum absolute atomic E-state index is 0.0920. The van der Waals surface area contributed by atoms with Crippen LogP contribution in [-0.4, -0.2) is 51.9 Å². The Kier molecular flexibility index (Phi) is 6.48. The lowest BCUT2D eigenvalue weighted by Crippen LogP contribution is -2.22. The molecule has 30 heavy (non-hydrogen) atoms. The van der Waals surface area contributed by atoms with Gasteiger partial charge >= 0.3 is 0 Å². The van der Waals surface area contributed by atoms with E-state index in [9.17, 15) is 21.6 Å². The third-order valence-corrected chi connectivity index (χ3v) is 8.88. The van der Waals surface area contributed by atoms with Crippen LogP contribution in [0.1, 0.15) is 6.42 Å². The van der Waals surface area contributed by atoms with Crippen LogP contribution in [0.4, 0.5) is 5.13 Å². The molecule has 0 fully saturated rings. The third kappa shape index (κ3) is 4.98. The minimum atomic E-state index is -3.63. The molecular weight excluding hydrogens is 470 g/mol. The molecule has 0 aliphatic heterocycles. The summed E-state index contributed by atoms with van der Waals surface area (Å²) < 4.78 is 50.9. The number of sulfonamides is 1. The van der Waals surface area contributed by atoms with Gasteiger partial charge in [0.05, 0.1) is 25.8 Å². The molecule has 0 saturated heterocycles. The predicted molar refractivity (Wildman–Crippen MR) is 117 cm³/mol. The molecule has 0 saturated carbocycles. The Balaban J connectivity index is 1.70. The fourth-order valence-corrected chi connectivity index (χ4v) is 5.79. The van der Waals surface area contributed by atoms with Crippen LogP contribution in [0.15, 0.2) is 52.3 Å². The topological polar surface area (TPSA) is 114 Å². The normalized spacial score (nSPS) is 12.4. The summed E-state index contributed by atoms with van der Waals surface area (Å²) in [4.78, 5) is 16.7. The van der Waals surface area contributed by atoms with Crippen molar-refractivity contribution in [2.75, 3.05) is 25.2 Å². The maximum atomic E-state index is 12.3. The number of aromatic nitrogens is 1. The van der Waals surface area contributed by atoms with Gasteiger partial charge in [-0.2, -0.15) is 0 Å². The highest BCUT2D eigenvalue weighted by atomic mass is 35.5. The van der Waals surface area contributed by atoms with Gasteiger partial charge in [0.25, 0.3) is 0 Å². The van der Waals surface area contributed by atoms with Crippen molar-refractivity contribution >= 4 is 64.1 Å². The van der Waals surface area contributed by atoms with E-state index in [-0.39, 0.29) is 27.1 Å². The zero-order valence-corrected chi connectivity index (χ0v) is 19.2. The molecule has 1 N–H and O–H groups in total. The number of sulfone groups is 1. The Bertz CT molecular complexity index is 1300. The van der Waals surface area contributed by atoms with Crippen LogP contribution >= 0.6 is 22.9 Å². The van der Waals surface area contributed by atoms with Gasteiger partial charge in [0.15, 0.2) is 15.0 Å². The maximum Gasteiger partial charge on any atom is 0.242 e. The number of halogens is 1. The molecule has 0 bridgehead atoms. The molecule has 0 aliphatic carbocycles. The van der Waals surface area contributed by atoms with Crippen molar-refractivity contribution in [2.45, 2.75) is 16.2 Å². The van der Waals surface area contributed by atoms with Crippen LogP contribution in [0.5, 0.6) is 0 Å². The van der Waals surface area contributed by atoms with E-state index in [1.165, 1.54) is 50.5 Å². The Morgan fingerprint density at radius 3 is 2.33 bits per heavy atom. The van der Waals surface area contributed by atoms with Crippen molar-refractivity contribution < 1.29 is 21.6 Å². The number of carbonyl (C=O) groups excluding carboxylic acids is 1. The van der Waals surface area contributed by atoms with Crippen LogP contribution in [0.25, 0.3) is 10.2 Å². The minimum Gasteiger partial charge on any atom is -0.302 e. The first-order valence-corrected chi connectivity index (χ1v) is 12.9. The number of benzene rings is 2. The van der Waals surface area contributed by atoms with E-state index in [4.69, 9.17) is 11.6 Å². The summed E-state index contributed by atoms with van der Waals surface area (Å²) in [5.74, 6) is -0.871. The predicted octanol–water partition coefficient (Wildman–Crippen LogP) is 3.00. The molecule has 2 aromatic carbocycles. The van der Waals surface area contributed by atoms with E-state index >= 15 is 0 Å². The average Bonchev–Trinajstić information content (AvgIpc) is 3.08. The largest absolute Gasteiger partial charge is 0.302 e. The lowest BCUT2D eigenvalue weighted by molar-refractivity contribution is -0.115. The number of rotatable bonds is 7. The van der Waals surface area contributed by atoms with Crippen LogP contribution in [0, 0.1) is 0 Å². The molecule has 160 valence electrons. The number of amides is 1. The number of hydrogen-bond acceptors (Lipinski definition) is 7. The number of nitrogens with zero attached hydrogens (tertiary/aromatic N) is 2. The van der Waals surface area contributed by atoms with E-state index in [1.54, 1.807) is 6.07 Å². The fourth-order valence-electron chi connectivity index (χ4n) is 2.50. The van der Waals surface area contributed by atoms with Crippen LogP contribution in [-0.2, 0) is 24.7 Å². The Labute approximate surface area is 183 Å². The van der Waals surface area contributed by atoms with Gasteiger partial charge < -0.3 is 5.32 Å². The zero-order valence-electron chi connectivity index (χ0n) is 16.0. The number of anilines is 1. The maximum absolute atomic E-state index is 12.3. The lowest BCUT2D eigenvalue weighted by Gasteiger charge is -2.10. The van der Waals surface area contributed by atoms with Crippen molar-refractivity contribution in [2.24, 2.45) is 0 Å². The van der Waals surface area contributed by atoms with E-state index < -0.39 is 25.8 Å². The Morgan fingerprint density at radius 2 is 1.70 bits per heavy atom. The molecule has 12 heteroatoms. The second-order valence-corrected chi connectivity index (χ2v) is 12.2. The summed E-state index contributed by atoms with van der Waals surface area (Å²) in [7, 11) is -4.33. The van der Waals surface area contributed by atoms with Gasteiger partial charge in [-0.1, -0.05) is 22.9 Å². The highest BCUT2D eigenvalue weighted by Crippen LogP contribution is 2.29. The summed E-state index contributed by atoms with van der Waals surface area (Å²) in [6.07, 6.45) is -0.249. The average molecular weight is 488 g/mol. The smallest absolute Gasteiger partial charge is 0.242 e. The molecule has 0 aliphatic rings. The van der Waals surface area contributed by atoms with Crippen LogP contribution < -0.4 is 5.32 Å². The van der Waals surface area contributed by atoms with E-state index in [0.717, 1.165) is 15.6 Å². The summed E-state index contributed by atoms with van der Waals surface area (Å²) in [5.41, 5.74) is 0.529. The summed E-state index contributed by atoms with van der Waals surface area (Å²) >= 11 is 6.87. The highest BCUT2D eigenvalue weighted by Gasteiger charge is 2.20. The first kappa shape index (κ1) is 22.6. The van der Waals surface area contributed by atoms with Crippen molar-refractivity contribution in [1.82, 2.24) is 9.29 Å². The number of hydrogen-bond donors (Lipinski definition) is 1. The highest BCUT2D eigenvalue weighted by molar-refractivity contribution is 7.91. The van der Waals surface area contributed by atoms with Gasteiger partial charge in [-0.25, -0.2) is 26.1 Å². The van der Waals surface area contributed by atoms with Gasteiger partial charge in [-0.3, -0.25) is 4.79 Å². The fraction of sp³-hybridized carbons (Fsp3) is 0.222. The summed E-state index contributed by atoms with van der Waals surface area (Å²) in [6.45, 7) is 0. The molecule has 0 unspecified atom stereocenters. The molecule has 0 spiro atoms. The molecular formula is C18H18ClN3O5S3. The molecule has 1 heterocycles. The quantitative estimate of drug-likeness (QED) is 0.548. The Morgan fingerprint density at radius 1 is 1.07 bits per heavy atom. The summed E-state index contributed by atoms with van der Waals surface area (Å²) in [6, 6.07) is 10.2. The first-order valence-electron chi connectivity index (χ1n) is 8.60. The Hall–Kier alpha value is -2.05. The van der Waals surface area contributed by atoms with Crippen molar-refractivity contribution in [3.8, 4) is 0 Å². The lowest BCUT2D eigenvalue weighted by atomic mass is 10.3. The molecule has 0 atom stereocenters. The van der Waals surface area contributed by atoms with Gasteiger partial charge in [0, 0.05) is 25.5 Å². The van der Waals surface area contributed by atoms with Gasteiger partial charge in [0.1, 0.15) is 0 Å². The van der Waals surface area contributed by atoms with Crippen molar-refractivity contribution in [3.63, 3.8) is 0 Å². The number of thiazole rings is 1. The third-order valence-electron chi connectivity index (χ3n) is 4.16. The second kappa shape index (κ2) is 8.60. The zero-order chi connectivity index (χ0) is 22.1. The standard InChI is InChI=1S/C18H18ClN3O5S3/c1-22(2)30(26,27)14-7-8-15-16(11-14)28-18(20-15)21-17(23)9-10-29(24,25)13-5-3-12(19)4-6-13/h3-8,11H,9-10H2,1-2H3,(H,20,21,23). The molecule has 3 rings (SSSR count). The molecule has 1 aromatic heterocycles. The van der Waals surface area contributed by atoms with Gasteiger partial charge in [-0.05, 0) is 42.5 Å². The van der Waals surface area contributed by atoms with Crippen LogP contribution in [0.2, 0.25) is 5.02 Å². The van der Waals surface area contributed by atoms with Gasteiger partial charge in [0.2, 0.25) is 15.9 Å². The first-order chi connectivity index (χ1) is 14.0. The monoisotopic (exact) mass is 487 g/mol. The SMILES string of the molecule is CN(C)S(=O)(=O)c1ccc2nc(NC(=O)CCS(=O)(=O)c3ccc(Cl)cc3)sc2c1. The van der Waals surface area contributed by atoms with Crippen molar-refractivity contribution in [3.05, 3.63) is 47.5 Å². The van der Waals surface area contributed by atoms with Gasteiger partial charge in [-0.15, -0.1) is 0 Å². The molecule has 8 nitrogen and oxygen atoms in total. The van der Waals surface area contributed by atoms with Crippen molar-refractivity contribution in [1.29, 1.82) is 0 Å². The number of nitrogens with one attached hydrogen (secondary N) is 1. The van der Waals surface area contributed by atoms with E-state index in [0.29, 0.717) is 15.2 Å². The molecule has 3 aromatic rings. The second-order valence-electron chi connectivity index (χ2n) is 6.51.